The summed E-state index contributed by atoms with van der Waals surface area (Å²) in [7, 11) is -3.56. The van der Waals surface area contributed by atoms with Crippen molar-refractivity contribution in [1.29, 1.82) is 0 Å². The van der Waals surface area contributed by atoms with Gasteiger partial charge in [0.15, 0.2) is 0 Å². The number of carbonyl (C=O) groups excluding carboxylic acids is 1. The molecule has 21 heavy (non-hydrogen) atoms. The number of carbonyl (C=O) groups is 1. The fourth-order valence-electron chi connectivity index (χ4n) is 1.69. The van der Waals surface area contributed by atoms with Crippen molar-refractivity contribution in [3.8, 4) is 0 Å². The van der Waals surface area contributed by atoms with Crippen molar-refractivity contribution in [3.63, 3.8) is 0 Å². The molecule has 0 saturated carbocycles. The van der Waals surface area contributed by atoms with Gasteiger partial charge in [-0.2, -0.15) is 0 Å². The van der Waals surface area contributed by atoms with Crippen LogP contribution in [0.4, 0.5) is 0 Å². The Hall–Kier alpha value is -1.66. The summed E-state index contributed by atoms with van der Waals surface area (Å²) in [6, 6.07) is 6.22. The molecule has 0 heterocycles. The average molecular weight is 311 g/mol. The van der Waals surface area contributed by atoms with Crippen LogP contribution in [0.5, 0.6) is 0 Å². The summed E-state index contributed by atoms with van der Waals surface area (Å²) in [6.45, 7) is 6.64. The lowest BCUT2D eigenvalue weighted by molar-refractivity contribution is -0.143. The number of benzene rings is 1. The Labute approximate surface area is 126 Å². The van der Waals surface area contributed by atoms with Gasteiger partial charge in [-0.05, 0) is 39.0 Å². The van der Waals surface area contributed by atoms with E-state index in [9.17, 15) is 13.2 Å². The van der Waals surface area contributed by atoms with E-state index in [4.69, 9.17) is 4.74 Å². The fraction of sp³-hybridized carbons (Fsp3) is 0.400. The van der Waals surface area contributed by atoms with E-state index >= 15 is 0 Å². The van der Waals surface area contributed by atoms with Gasteiger partial charge in [0.05, 0.1) is 4.90 Å². The van der Waals surface area contributed by atoms with Crippen molar-refractivity contribution in [3.05, 3.63) is 42.0 Å². The summed E-state index contributed by atoms with van der Waals surface area (Å²) in [5, 5.41) is 0. The summed E-state index contributed by atoms with van der Waals surface area (Å²) in [4.78, 5) is 11.0. The predicted octanol–water partition coefficient (Wildman–Crippen LogP) is 2.17. The Morgan fingerprint density at radius 1 is 1.19 bits per heavy atom. The molecule has 0 radical (unpaired) electrons. The van der Waals surface area contributed by atoms with E-state index in [1.54, 1.807) is 50.3 Å². The normalized spacial score (nSPS) is 14.9. The largest absolute Gasteiger partial charge is 0.459 e. The highest BCUT2D eigenvalue weighted by molar-refractivity contribution is 7.89. The fourth-order valence-corrected chi connectivity index (χ4v) is 2.89. The molecule has 6 heteroatoms. The van der Waals surface area contributed by atoms with Gasteiger partial charge in [0, 0.05) is 13.0 Å². The van der Waals surface area contributed by atoms with Crippen molar-refractivity contribution < 1.29 is 17.9 Å². The molecule has 5 nitrogen and oxygen atoms in total. The molecule has 2 atom stereocenters. The van der Waals surface area contributed by atoms with E-state index < -0.39 is 22.2 Å². The zero-order chi connectivity index (χ0) is 16.0. The van der Waals surface area contributed by atoms with Crippen molar-refractivity contribution in [2.45, 2.75) is 44.7 Å². The first-order valence-corrected chi connectivity index (χ1v) is 8.13. The van der Waals surface area contributed by atoms with Crippen LogP contribution in [0.2, 0.25) is 0 Å². The van der Waals surface area contributed by atoms with Gasteiger partial charge in [-0.1, -0.05) is 23.8 Å². The third kappa shape index (κ3) is 6.10. The molecule has 1 rings (SSSR count). The minimum atomic E-state index is -3.56. The number of aryl methyl sites for hydroxylation is 1. The zero-order valence-electron chi connectivity index (χ0n) is 12.7. The Morgan fingerprint density at radius 2 is 1.76 bits per heavy atom. The van der Waals surface area contributed by atoms with Gasteiger partial charge >= 0.3 is 5.97 Å². The van der Waals surface area contributed by atoms with Crippen molar-refractivity contribution in [1.82, 2.24) is 4.72 Å². The van der Waals surface area contributed by atoms with Crippen LogP contribution in [0, 0.1) is 6.92 Å². The molecular weight excluding hydrogens is 290 g/mol. The van der Waals surface area contributed by atoms with Crippen LogP contribution in [0.25, 0.3) is 0 Å². The molecule has 0 unspecified atom stereocenters. The molecule has 0 aliphatic rings. The van der Waals surface area contributed by atoms with Gasteiger partial charge in [0.25, 0.3) is 0 Å². The highest BCUT2D eigenvalue weighted by atomic mass is 32.2. The maximum atomic E-state index is 12.1. The average Bonchev–Trinajstić information content (AvgIpc) is 2.35. The number of hydrogen-bond acceptors (Lipinski definition) is 4. The van der Waals surface area contributed by atoms with Crippen LogP contribution in [-0.4, -0.2) is 26.5 Å². The molecule has 0 amide bonds. The first kappa shape index (κ1) is 17.4. The van der Waals surface area contributed by atoms with Gasteiger partial charge < -0.3 is 4.74 Å². The lowest BCUT2D eigenvalue weighted by Crippen LogP contribution is -2.31. The molecule has 0 aliphatic carbocycles. The molecule has 0 bridgehead atoms. The lowest BCUT2D eigenvalue weighted by Gasteiger charge is -2.12. The minimum absolute atomic E-state index is 0.224. The van der Waals surface area contributed by atoms with Crippen molar-refractivity contribution in [2.24, 2.45) is 0 Å². The third-order valence-corrected chi connectivity index (χ3v) is 4.27. The Kier molecular flexibility index (Phi) is 6.11. The third-order valence-electron chi connectivity index (χ3n) is 2.69. The van der Waals surface area contributed by atoms with E-state index in [-0.39, 0.29) is 10.9 Å². The molecule has 0 aliphatic heterocycles. The second-order valence-electron chi connectivity index (χ2n) is 4.92. The van der Waals surface area contributed by atoms with Crippen molar-refractivity contribution >= 4 is 16.0 Å². The first-order valence-electron chi connectivity index (χ1n) is 6.65. The zero-order valence-corrected chi connectivity index (χ0v) is 13.5. The lowest BCUT2D eigenvalue weighted by atomic mass is 10.2. The summed E-state index contributed by atoms with van der Waals surface area (Å²) >= 11 is 0. The van der Waals surface area contributed by atoms with E-state index in [2.05, 4.69) is 4.72 Å². The van der Waals surface area contributed by atoms with Crippen molar-refractivity contribution in [2.75, 3.05) is 0 Å². The van der Waals surface area contributed by atoms with E-state index in [1.165, 1.54) is 6.92 Å². The minimum Gasteiger partial charge on any atom is -0.459 e. The highest BCUT2D eigenvalue weighted by Gasteiger charge is 2.15. The second-order valence-corrected chi connectivity index (χ2v) is 6.64. The summed E-state index contributed by atoms with van der Waals surface area (Å²) in [5.41, 5.74) is 0.997. The number of sulfonamides is 1. The van der Waals surface area contributed by atoms with Gasteiger partial charge in [-0.25, -0.2) is 13.1 Å². The summed E-state index contributed by atoms with van der Waals surface area (Å²) in [6.07, 6.45) is 2.90. The van der Waals surface area contributed by atoms with E-state index in [0.717, 1.165) is 5.56 Å². The van der Waals surface area contributed by atoms with Gasteiger partial charge in [-0.15, -0.1) is 0 Å². The molecule has 0 fully saturated rings. The van der Waals surface area contributed by atoms with Gasteiger partial charge in [-0.3, -0.25) is 4.79 Å². The van der Waals surface area contributed by atoms with Gasteiger partial charge in [0.2, 0.25) is 10.0 Å². The SMILES string of the molecule is CC(=O)O[C@H](C)/C=C/[C@@H](C)NS(=O)(=O)c1ccc(C)cc1. The number of hydrogen-bond donors (Lipinski definition) is 1. The van der Waals surface area contributed by atoms with Crippen LogP contribution < -0.4 is 4.72 Å². The number of esters is 1. The van der Waals surface area contributed by atoms with E-state index in [0.29, 0.717) is 0 Å². The Morgan fingerprint density at radius 3 is 2.29 bits per heavy atom. The molecule has 0 saturated heterocycles. The smallest absolute Gasteiger partial charge is 0.303 e. The van der Waals surface area contributed by atoms with Gasteiger partial charge in [0.1, 0.15) is 6.10 Å². The quantitative estimate of drug-likeness (QED) is 0.645. The Bertz CT molecular complexity index is 605. The van der Waals surface area contributed by atoms with Crippen LogP contribution in [0.15, 0.2) is 41.3 Å². The number of nitrogens with one attached hydrogen (secondary N) is 1. The van der Waals surface area contributed by atoms with Crippen LogP contribution >= 0.6 is 0 Å². The topological polar surface area (TPSA) is 72.5 Å². The molecule has 0 spiro atoms. The van der Waals surface area contributed by atoms with Crippen LogP contribution in [-0.2, 0) is 19.6 Å². The first-order chi connectivity index (χ1) is 9.70. The molecular formula is C15H21NO4S. The molecule has 116 valence electrons. The predicted molar refractivity (Wildman–Crippen MR) is 81.3 cm³/mol. The summed E-state index contributed by atoms with van der Waals surface area (Å²) < 4.78 is 31.8. The number of ether oxygens (including phenoxy) is 1. The standard InChI is InChI=1S/C15H21NO4S/c1-11-5-9-15(10-6-11)21(18,19)16-12(2)7-8-13(3)20-14(4)17/h5-10,12-13,16H,1-4H3/b8-7+/t12-,13-/m1/s1. The van der Waals surface area contributed by atoms with Crippen LogP contribution in [0.3, 0.4) is 0 Å². The molecule has 0 aromatic heterocycles. The highest BCUT2D eigenvalue weighted by Crippen LogP contribution is 2.10. The number of rotatable bonds is 6. The maximum Gasteiger partial charge on any atom is 0.303 e. The van der Waals surface area contributed by atoms with E-state index in [1.807, 2.05) is 6.92 Å². The van der Waals surface area contributed by atoms with Crippen LogP contribution in [0.1, 0.15) is 26.3 Å². The Balaban J connectivity index is 2.69. The monoisotopic (exact) mass is 311 g/mol. The molecule has 1 aromatic carbocycles. The molecule has 1 aromatic rings. The molecule has 1 N–H and O–H groups in total. The summed E-state index contributed by atoms with van der Waals surface area (Å²) in [5.74, 6) is -0.375. The maximum absolute atomic E-state index is 12.1. The second kappa shape index (κ2) is 7.38.